The first-order chi connectivity index (χ1) is 15.0. The van der Waals surface area contributed by atoms with Gasteiger partial charge in [0.25, 0.3) is 5.91 Å². The third-order valence-electron chi connectivity index (χ3n) is 6.90. The maximum absolute atomic E-state index is 13.1. The average molecular weight is 430 g/mol. The van der Waals surface area contributed by atoms with Gasteiger partial charge in [0.05, 0.1) is 12.1 Å². The van der Waals surface area contributed by atoms with Gasteiger partial charge in [-0.3, -0.25) is 4.79 Å². The highest BCUT2D eigenvalue weighted by Gasteiger charge is 2.33. The molecule has 0 spiro atoms. The first-order valence-corrected chi connectivity index (χ1v) is 11.4. The third kappa shape index (κ3) is 5.72. The van der Waals surface area contributed by atoms with Crippen LogP contribution in [0.25, 0.3) is 0 Å². The van der Waals surface area contributed by atoms with Crippen molar-refractivity contribution in [3.05, 3.63) is 36.4 Å². The lowest BCUT2D eigenvalue weighted by molar-refractivity contribution is -0.0152. The zero-order chi connectivity index (χ0) is 21.7. The number of amides is 1. The molecule has 31 heavy (non-hydrogen) atoms. The first-order valence-electron chi connectivity index (χ1n) is 11.4. The summed E-state index contributed by atoms with van der Waals surface area (Å²) in [4.78, 5) is 31.8. The van der Waals surface area contributed by atoms with Gasteiger partial charge in [0, 0.05) is 50.5 Å². The van der Waals surface area contributed by atoms with Crippen molar-refractivity contribution in [2.45, 2.75) is 56.7 Å². The van der Waals surface area contributed by atoms with E-state index in [1.807, 2.05) is 4.90 Å². The van der Waals surface area contributed by atoms with Crippen LogP contribution in [0.4, 0.5) is 0 Å². The zero-order valence-corrected chi connectivity index (χ0v) is 18.4. The van der Waals surface area contributed by atoms with Crippen LogP contribution >= 0.6 is 0 Å². The van der Waals surface area contributed by atoms with Crippen molar-refractivity contribution >= 4 is 5.91 Å². The molecule has 1 amide bonds. The minimum Gasteiger partial charge on any atom is -0.388 e. The van der Waals surface area contributed by atoms with Crippen LogP contribution in [0.5, 0.6) is 0 Å². The van der Waals surface area contributed by atoms with E-state index in [1.54, 1.807) is 24.8 Å². The number of carbonyl (C=O) groups is 1. The standard InChI is InChI=1S/C22H35N7O2/c1-28-12-6-22(31,7-13-28)16-23-14-17-2-4-18(5-3-17)29(15-19-24-8-9-25-19)21(30)20-26-10-11-27-20/h8-11,17-18,23,31H,2-7,12-16H2,1H3,(H,24,25)(H,26,27). The van der Waals surface area contributed by atoms with Crippen LogP contribution in [0.2, 0.25) is 0 Å². The van der Waals surface area contributed by atoms with E-state index in [9.17, 15) is 9.90 Å². The molecule has 0 radical (unpaired) electrons. The lowest BCUT2D eigenvalue weighted by atomic mass is 9.84. The van der Waals surface area contributed by atoms with Gasteiger partial charge in [-0.1, -0.05) is 0 Å². The second-order valence-corrected chi connectivity index (χ2v) is 9.24. The Balaban J connectivity index is 1.28. The molecule has 2 fully saturated rings. The number of aliphatic hydroxyl groups is 1. The molecule has 2 aromatic rings. The molecule has 3 heterocycles. The van der Waals surface area contributed by atoms with Gasteiger partial charge < -0.3 is 30.2 Å². The number of carbonyl (C=O) groups excluding carboxylic acids is 1. The highest BCUT2D eigenvalue weighted by molar-refractivity contribution is 5.90. The van der Waals surface area contributed by atoms with E-state index in [-0.39, 0.29) is 11.9 Å². The predicted molar refractivity (Wildman–Crippen MR) is 117 cm³/mol. The van der Waals surface area contributed by atoms with Gasteiger partial charge in [-0.2, -0.15) is 0 Å². The Morgan fingerprint density at radius 2 is 1.90 bits per heavy atom. The number of nitrogens with zero attached hydrogens (tertiary/aromatic N) is 4. The highest BCUT2D eigenvalue weighted by atomic mass is 16.3. The first kappa shape index (κ1) is 22.0. The summed E-state index contributed by atoms with van der Waals surface area (Å²) in [5.74, 6) is 1.67. The number of piperidine rings is 1. The number of imidazole rings is 2. The lowest BCUT2D eigenvalue weighted by Gasteiger charge is -2.38. The molecule has 0 bridgehead atoms. The van der Waals surface area contributed by atoms with Crippen molar-refractivity contribution in [1.29, 1.82) is 0 Å². The van der Waals surface area contributed by atoms with Crippen LogP contribution < -0.4 is 5.32 Å². The second kappa shape index (κ2) is 9.93. The van der Waals surface area contributed by atoms with Crippen LogP contribution in [0.15, 0.2) is 24.8 Å². The molecule has 2 aliphatic rings. The van der Waals surface area contributed by atoms with Gasteiger partial charge in [0.2, 0.25) is 0 Å². The van der Waals surface area contributed by atoms with Gasteiger partial charge in [-0.15, -0.1) is 0 Å². The Kier molecular flexibility index (Phi) is 7.04. The Hall–Kier alpha value is -2.23. The summed E-state index contributed by atoms with van der Waals surface area (Å²) in [6, 6.07) is 0.178. The monoisotopic (exact) mass is 429 g/mol. The number of aromatic nitrogens is 4. The highest BCUT2D eigenvalue weighted by Crippen LogP contribution is 2.29. The Labute approximate surface area is 183 Å². The molecule has 0 aromatic carbocycles. The molecule has 4 N–H and O–H groups in total. The Morgan fingerprint density at radius 1 is 1.19 bits per heavy atom. The van der Waals surface area contributed by atoms with E-state index < -0.39 is 5.60 Å². The fourth-order valence-electron chi connectivity index (χ4n) is 4.81. The molecule has 9 heteroatoms. The summed E-state index contributed by atoms with van der Waals surface area (Å²) < 4.78 is 0. The summed E-state index contributed by atoms with van der Waals surface area (Å²) in [6.07, 6.45) is 12.5. The molecule has 4 rings (SSSR count). The Morgan fingerprint density at radius 3 is 2.55 bits per heavy atom. The maximum Gasteiger partial charge on any atom is 0.290 e. The summed E-state index contributed by atoms with van der Waals surface area (Å²) in [5.41, 5.74) is -0.570. The van der Waals surface area contributed by atoms with E-state index in [2.05, 4.69) is 37.2 Å². The summed E-state index contributed by atoms with van der Waals surface area (Å²) in [6.45, 7) is 3.97. The molecule has 0 unspecified atom stereocenters. The van der Waals surface area contributed by atoms with Crippen LogP contribution in [0.1, 0.15) is 55.0 Å². The number of likely N-dealkylation sites (tertiary alicyclic amines) is 1. The van der Waals surface area contributed by atoms with Crippen molar-refractivity contribution < 1.29 is 9.90 Å². The maximum atomic E-state index is 13.1. The molecule has 9 nitrogen and oxygen atoms in total. The predicted octanol–water partition coefficient (Wildman–Crippen LogP) is 1.38. The molecule has 170 valence electrons. The van der Waals surface area contributed by atoms with E-state index in [1.165, 1.54) is 0 Å². The van der Waals surface area contributed by atoms with Crippen LogP contribution in [-0.4, -0.2) is 85.6 Å². The van der Waals surface area contributed by atoms with Gasteiger partial charge in [-0.25, -0.2) is 9.97 Å². The molecular formula is C22H35N7O2. The minimum atomic E-state index is -0.570. The fourth-order valence-corrected chi connectivity index (χ4v) is 4.81. The summed E-state index contributed by atoms with van der Waals surface area (Å²) in [7, 11) is 2.11. The molecule has 1 saturated heterocycles. The van der Waals surface area contributed by atoms with Gasteiger partial charge >= 0.3 is 0 Å². The molecule has 0 atom stereocenters. The van der Waals surface area contributed by atoms with E-state index in [4.69, 9.17) is 0 Å². The molecule has 1 aliphatic carbocycles. The number of hydrogen-bond donors (Lipinski definition) is 4. The second-order valence-electron chi connectivity index (χ2n) is 9.24. The van der Waals surface area contributed by atoms with E-state index in [0.29, 0.717) is 24.8 Å². The van der Waals surface area contributed by atoms with Crippen molar-refractivity contribution in [2.75, 3.05) is 33.2 Å². The van der Waals surface area contributed by atoms with Crippen molar-refractivity contribution in [1.82, 2.24) is 35.1 Å². The van der Waals surface area contributed by atoms with Gasteiger partial charge in [-0.05, 0) is 58.0 Å². The average Bonchev–Trinajstić information content (AvgIpc) is 3.49. The number of H-pyrrole nitrogens is 2. The number of rotatable bonds is 8. The van der Waals surface area contributed by atoms with Crippen LogP contribution in [-0.2, 0) is 6.54 Å². The van der Waals surface area contributed by atoms with Crippen molar-refractivity contribution in [2.24, 2.45) is 5.92 Å². The Bertz CT molecular complexity index is 792. The smallest absolute Gasteiger partial charge is 0.290 e. The minimum absolute atomic E-state index is 0.0764. The SMILES string of the molecule is CN1CCC(O)(CNCC2CCC(N(Cc3ncc[nH]3)C(=O)c3ncc[nH]3)CC2)CC1. The van der Waals surface area contributed by atoms with Crippen LogP contribution in [0, 0.1) is 5.92 Å². The van der Waals surface area contributed by atoms with E-state index >= 15 is 0 Å². The van der Waals surface area contributed by atoms with Gasteiger partial charge in [0.15, 0.2) is 5.82 Å². The largest absolute Gasteiger partial charge is 0.388 e. The lowest BCUT2D eigenvalue weighted by Crippen LogP contribution is -2.50. The normalized spacial score (nSPS) is 24.2. The summed E-state index contributed by atoms with van der Waals surface area (Å²) >= 11 is 0. The van der Waals surface area contributed by atoms with E-state index in [0.717, 1.165) is 64.0 Å². The molecule has 2 aromatic heterocycles. The van der Waals surface area contributed by atoms with Crippen molar-refractivity contribution in [3.63, 3.8) is 0 Å². The van der Waals surface area contributed by atoms with Crippen molar-refractivity contribution in [3.8, 4) is 0 Å². The topological polar surface area (TPSA) is 113 Å². The molecular weight excluding hydrogens is 394 g/mol. The zero-order valence-electron chi connectivity index (χ0n) is 18.4. The number of hydrogen-bond acceptors (Lipinski definition) is 6. The van der Waals surface area contributed by atoms with Gasteiger partial charge in [0.1, 0.15) is 5.82 Å². The molecule has 1 aliphatic heterocycles. The quantitative estimate of drug-likeness (QED) is 0.504. The number of nitrogens with one attached hydrogen (secondary N) is 3. The third-order valence-corrected chi connectivity index (χ3v) is 6.90. The number of aromatic amines is 2. The summed E-state index contributed by atoms with van der Waals surface area (Å²) in [5, 5.41) is 14.3. The molecule has 1 saturated carbocycles. The van der Waals surface area contributed by atoms with Crippen LogP contribution in [0.3, 0.4) is 0 Å². The fraction of sp³-hybridized carbons (Fsp3) is 0.682.